The Kier molecular flexibility index (Phi) is 5.74. The molecule has 9 heteroatoms. The zero-order valence-electron chi connectivity index (χ0n) is 18.6. The van der Waals surface area contributed by atoms with Gasteiger partial charge in [-0.15, -0.1) is 0 Å². The van der Waals surface area contributed by atoms with Crippen molar-refractivity contribution in [1.29, 1.82) is 0 Å². The lowest BCUT2D eigenvalue weighted by Crippen LogP contribution is -2.29. The monoisotopic (exact) mass is 448 g/mol. The normalized spacial score (nSPS) is 23.5. The maximum Gasteiger partial charge on any atom is 0.203 e. The molecule has 5 rings (SSSR count). The lowest BCUT2D eigenvalue weighted by atomic mass is 9.95. The molecule has 1 fully saturated rings. The first-order chi connectivity index (χ1) is 16.1. The van der Waals surface area contributed by atoms with Gasteiger partial charge in [0.2, 0.25) is 5.49 Å². The number of aromatic nitrogens is 4. The average Bonchev–Trinajstić information content (AvgIpc) is 3.39. The number of aliphatic hydroxyl groups is 2. The molecule has 4 aromatic rings. The Hall–Kier alpha value is -3.43. The molecule has 4 N–H and O–H groups in total. The maximum absolute atomic E-state index is 10.9. The summed E-state index contributed by atoms with van der Waals surface area (Å²) in [6, 6.07) is 12.0. The van der Waals surface area contributed by atoms with Crippen LogP contribution in [0.25, 0.3) is 21.9 Å². The fraction of sp³-hybridized carbons (Fsp3) is 0.375. The summed E-state index contributed by atoms with van der Waals surface area (Å²) in [6.45, 7) is 0. The number of nitrogens with zero attached hydrogens (tertiary/aromatic N) is 4. The fourth-order valence-corrected chi connectivity index (χ4v) is 4.91. The SMILES string of the molecule is CNc1ccc2ccc(CC[C@H]3C[C@@H](n4ccc5c(=NOC)nc[nH]c54)[C@H](O)[C@@H]3O)cc2n1. The van der Waals surface area contributed by atoms with Gasteiger partial charge in [-0.25, -0.2) is 9.97 Å². The first-order valence-electron chi connectivity index (χ1n) is 11.1. The van der Waals surface area contributed by atoms with Gasteiger partial charge in [0.15, 0.2) is 0 Å². The van der Waals surface area contributed by atoms with Crippen molar-refractivity contribution in [3.8, 4) is 0 Å². The molecule has 0 amide bonds. The molecule has 1 aliphatic rings. The molecule has 9 nitrogen and oxygen atoms in total. The van der Waals surface area contributed by atoms with E-state index in [0.29, 0.717) is 11.9 Å². The standard InChI is InChI=1S/C24H28N6O3/c1-25-20-8-7-15-5-3-14(11-18(15)28-20)4-6-16-12-19(22(32)21(16)31)30-10-9-17-23(29-33-2)26-13-27-24(17)30/h3,5,7-11,13,16,19,21-22,31-32H,4,6,12H2,1-2H3,(H,25,28)(H,26,27,29)/t16-,19+,21+,22-/m0/s1. The van der Waals surface area contributed by atoms with Crippen LogP contribution in [-0.2, 0) is 11.3 Å². The second kappa shape index (κ2) is 8.84. The van der Waals surface area contributed by atoms with Crippen LogP contribution in [0, 0.1) is 5.92 Å². The van der Waals surface area contributed by atoms with Crippen molar-refractivity contribution in [3.63, 3.8) is 0 Å². The van der Waals surface area contributed by atoms with E-state index in [1.54, 1.807) is 6.33 Å². The van der Waals surface area contributed by atoms with Gasteiger partial charge in [-0.1, -0.05) is 17.3 Å². The lowest BCUT2D eigenvalue weighted by Gasteiger charge is -2.19. The minimum absolute atomic E-state index is 0.0141. The van der Waals surface area contributed by atoms with Crippen LogP contribution in [0.2, 0.25) is 0 Å². The first kappa shape index (κ1) is 21.4. The molecule has 0 aliphatic heterocycles. The molecule has 172 valence electrons. The number of H-pyrrole nitrogens is 1. The topological polar surface area (TPSA) is 121 Å². The van der Waals surface area contributed by atoms with Crippen LogP contribution in [0.1, 0.15) is 24.4 Å². The van der Waals surface area contributed by atoms with E-state index >= 15 is 0 Å². The molecule has 0 radical (unpaired) electrons. The molecule has 33 heavy (non-hydrogen) atoms. The van der Waals surface area contributed by atoms with E-state index in [2.05, 4.69) is 49.7 Å². The van der Waals surface area contributed by atoms with Gasteiger partial charge in [0.25, 0.3) is 0 Å². The third-order valence-corrected chi connectivity index (χ3v) is 6.67. The van der Waals surface area contributed by atoms with Gasteiger partial charge in [0, 0.05) is 18.6 Å². The van der Waals surface area contributed by atoms with Crippen molar-refractivity contribution in [2.75, 3.05) is 19.5 Å². The van der Waals surface area contributed by atoms with Crippen LogP contribution in [-0.4, -0.2) is 56.1 Å². The number of aliphatic hydroxyl groups excluding tert-OH is 2. The van der Waals surface area contributed by atoms with Gasteiger partial charge in [0.05, 0.1) is 29.4 Å². The molecule has 0 saturated heterocycles. The van der Waals surface area contributed by atoms with E-state index in [0.717, 1.165) is 40.6 Å². The number of rotatable bonds is 6. The molecule has 3 heterocycles. The molecule has 3 aromatic heterocycles. The second-order valence-electron chi connectivity index (χ2n) is 8.54. The number of hydrogen-bond acceptors (Lipinski definition) is 7. The van der Waals surface area contributed by atoms with E-state index in [9.17, 15) is 10.2 Å². The number of fused-ring (bicyclic) bond motifs is 2. The highest BCUT2D eigenvalue weighted by Crippen LogP contribution is 2.39. The van der Waals surface area contributed by atoms with E-state index in [1.165, 1.54) is 12.7 Å². The molecular formula is C24H28N6O3. The smallest absolute Gasteiger partial charge is 0.203 e. The van der Waals surface area contributed by atoms with Gasteiger partial charge in [-0.05, 0) is 55.0 Å². The van der Waals surface area contributed by atoms with Crippen LogP contribution in [0.4, 0.5) is 5.82 Å². The molecule has 1 saturated carbocycles. The van der Waals surface area contributed by atoms with Crippen LogP contribution >= 0.6 is 0 Å². The van der Waals surface area contributed by atoms with Crippen LogP contribution < -0.4 is 10.8 Å². The number of aromatic amines is 1. The summed E-state index contributed by atoms with van der Waals surface area (Å²) < 4.78 is 1.97. The van der Waals surface area contributed by atoms with Crippen LogP contribution in [0.3, 0.4) is 0 Å². The molecule has 0 bridgehead atoms. The molecule has 4 atom stereocenters. The largest absolute Gasteiger partial charge is 0.397 e. The summed E-state index contributed by atoms with van der Waals surface area (Å²) in [5.41, 5.74) is 3.38. The van der Waals surface area contributed by atoms with Gasteiger partial charge in [-0.3, -0.25) is 0 Å². The Morgan fingerprint density at radius 3 is 2.88 bits per heavy atom. The number of aryl methyl sites for hydroxylation is 1. The second-order valence-corrected chi connectivity index (χ2v) is 8.54. The number of pyridine rings is 1. The van der Waals surface area contributed by atoms with Gasteiger partial charge >= 0.3 is 0 Å². The number of hydrogen-bond donors (Lipinski definition) is 4. The lowest BCUT2D eigenvalue weighted by molar-refractivity contribution is 0.00545. The summed E-state index contributed by atoms with van der Waals surface area (Å²) >= 11 is 0. The van der Waals surface area contributed by atoms with Gasteiger partial charge in [0.1, 0.15) is 24.7 Å². The van der Waals surface area contributed by atoms with Crippen molar-refractivity contribution in [2.24, 2.45) is 11.1 Å². The minimum Gasteiger partial charge on any atom is -0.397 e. The summed E-state index contributed by atoms with van der Waals surface area (Å²) in [6.07, 6.45) is 4.07. The van der Waals surface area contributed by atoms with E-state index < -0.39 is 12.2 Å². The number of nitrogens with one attached hydrogen (secondary N) is 2. The highest BCUT2D eigenvalue weighted by molar-refractivity contribution is 5.81. The molecular weight excluding hydrogens is 420 g/mol. The van der Waals surface area contributed by atoms with E-state index in [-0.39, 0.29) is 12.0 Å². The van der Waals surface area contributed by atoms with Gasteiger partial charge in [-0.2, -0.15) is 0 Å². The Labute approximate surface area is 190 Å². The van der Waals surface area contributed by atoms with Crippen molar-refractivity contribution >= 4 is 27.8 Å². The highest BCUT2D eigenvalue weighted by atomic mass is 16.6. The number of benzene rings is 1. The average molecular weight is 449 g/mol. The van der Waals surface area contributed by atoms with Crippen molar-refractivity contribution in [3.05, 3.63) is 60.0 Å². The van der Waals surface area contributed by atoms with Crippen LogP contribution in [0.15, 0.2) is 54.1 Å². The number of anilines is 1. The maximum atomic E-state index is 10.9. The van der Waals surface area contributed by atoms with Crippen LogP contribution in [0.5, 0.6) is 0 Å². The molecule has 1 aromatic carbocycles. The summed E-state index contributed by atoms with van der Waals surface area (Å²) in [4.78, 5) is 16.8. The predicted octanol–water partition coefficient (Wildman–Crippen LogP) is 2.33. The molecule has 0 spiro atoms. The highest BCUT2D eigenvalue weighted by Gasteiger charge is 2.42. The third kappa shape index (κ3) is 3.94. The summed E-state index contributed by atoms with van der Waals surface area (Å²) in [7, 11) is 3.34. The van der Waals surface area contributed by atoms with Crippen molar-refractivity contribution < 1.29 is 15.1 Å². The molecule has 0 unspecified atom stereocenters. The first-order valence-corrected chi connectivity index (χ1v) is 11.1. The zero-order valence-corrected chi connectivity index (χ0v) is 18.6. The van der Waals surface area contributed by atoms with Gasteiger partial charge < -0.3 is 29.9 Å². The third-order valence-electron chi connectivity index (χ3n) is 6.67. The Morgan fingerprint density at radius 1 is 1.21 bits per heavy atom. The van der Waals surface area contributed by atoms with E-state index in [1.807, 2.05) is 29.9 Å². The summed E-state index contributed by atoms with van der Waals surface area (Å²) in [5, 5.41) is 30.6. The Bertz CT molecular complexity index is 1350. The Morgan fingerprint density at radius 2 is 2.06 bits per heavy atom. The summed E-state index contributed by atoms with van der Waals surface area (Å²) in [5.74, 6) is 0.823. The quantitative estimate of drug-likeness (QED) is 0.336. The predicted molar refractivity (Wildman–Crippen MR) is 125 cm³/mol. The molecule has 1 aliphatic carbocycles. The van der Waals surface area contributed by atoms with E-state index in [4.69, 9.17) is 4.84 Å². The van der Waals surface area contributed by atoms with Crippen molar-refractivity contribution in [1.82, 2.24) is 19.5 Å². The minimum atomic E-state index is -0.855. The van der Waals surface area contributed by atoms with Crippen molar-refractivity contribution in [2.45, 2.75) is 37.5 Å². The fourth-order valence-electron chi connectivity index (χ4n) is 4.91. The zero-order chi connectivity index (χ0) is 22.9. The Balaban J connectivity index is 1.34.